The summed E-state index contributed by atoms with van der Waals surface area (Å²) < 4.78 is 65.1. The number of alkyl halides is 3. The Kier molecular flexibility index (Phi) is 6.51. The van der Waals surface area contributed by atoms with E-state index >= 15 is 0 Å². The van der Waals surface area contributed by atoms with Crippen LogP contribution in [0.5, 0.6) is 0 Å². The third kappa shape index (κ3) is 5.00. The van der Waals surface area contributed by atoms with Crippen molar-refractivity contribution in [3.05, 3.63) is 58.1 Å². The van der Waals surface area contributed by atoms with Gasteiger partial charge in [-0.3, -0.25) is 0 Å². The highest BCUT2D eigenvalue weighted by Gasteiger charge is 2.32. The molecule has 2 amide bonds. The van der Waals surface area contributed by atoms with Crippen LogP contribution in [-0.4, -0.2) is 49.8 Å². The van der Waals surface area contributed by atoms with Crippen molar-refractivity contribution in [2.75, 3.05) is 31.5 Å². The molecule has 0 radical (unpaired) electrons. The average Bonchev–Trinajstić information content (AvgIpc) is 2.69. The highest BCUT2D eigenvalue weighted by atomic mass is 35.5. The minimum Gasteiger partial charge on any atom is -0.322 e. The first kappa shape index (κ1) is 22.7. The summed E-state index contributed by atoms with van der Waals surface area (Å²) in [5.74, 6) is 0. The van der Waals surface area contributed by atoms with Crippen molar-refractivity contribution in [1.29, 1.82) is 0 Å². The first-order chi connectivity index (χ1) is 14.0. The van der Waals surface area contributed by atoms with Crippen LogP contribution in [0.2, 0.25) is 10.0 Å². The number of nitrogens with one attached hydrogen (secondary N) is 1. The summed E-state index contributed by atoms with van der Waals surface area (Å²) in [4.78, 5) is 13.7. The van der Waals surface area contributed by atoms with Crippen LogP contribution in [0.4, 0.5) is 23.7 Å². The molecule has 1 heterocycles. The lowest BCUT2D eigenvalue weighted by atomic mass is 10.2. The maximum atomic E-state index is 12.8. The Balaban J connectivity index is 1.64. The summed E-state index contributed by atoms with van der Waals surface area (Å²) in [5.41, 5.74) is -0.876. The fourth-order valence-electron chi connectivity index (χ4n) is 2.89. The summed E-state index contributed by atoms with van der Waals surface area (Å²) >= 11 is 11.7. The lowest BCUT2D eigenvalue weighted by Crippen LogP contribution is -2.51. The molecule has 1 aliphatic heterocycles. The number of anilines is 1. The molecule has 0 saturated carbocycles. The van der Waals surface area contributed by atoms with Crippen molar-refractivity contribution in [2.45, 2.75) is 11.1 Å². The molecule has 2 aromatic carbocycles. The summed E-state index contributed by atoms with van der Waals surface area (Å²) in [5, 5.41) is 2.75. The third-order valence-corrected chi connectivity index (χ3v) is 7.13. The monoisotopic (exact) mass is 481 g/mol. The van der Waals surface area contributed by atoms with E-state index in [2.05, 4.69) is 5.32 Å². The van der Waals surface area contributed by atoms with Crippen molar-refractivity contribution in [3.8, 4) is 0 Å². The number of carbonyl (C=O) groups excluding carboxylic acids is 1. The standard InChI is InChI=1S/C18H16Cl2F3N3O3S/c19-15-5-4-14(11-16(15)20)30(28,29)26-8-6-25(7-9-26)17(27)24-13-3-1-2-12(10-13)18(21,22)23/h1-5,10-11H,6-9H2,(H,24,27). The van der Waals surface area contributed by atoms with Gasteiger partial charge in [0.2, 0.25) is 10.0 Å². The molecule has 0 unspecified atom stereocenters. The van der Waals surface area contributed by atoms with Crippen LogP contribution in [0, 0.1) is 0 Å². The number of hydrogen-bond acceptors (Lipinski definition) is 3. The van der Waals surface area contributed by atoms with Crippen molar-refractivity contribution in [2.24, 2.45) is 0 Å². The molecule has 6 nitrogen and oxygen atoms in total. The fourth-order valence-corrected chi connectivity index (χ4v) is 4.71. The quantitative estimate of drug-likeness (QED) is 0.698. The predicted molar refractivity (Wildman–Crippen MR) is 107 cm³/mol. The minimum absolute atomic E-state index is 0.000632. The molecule has 12 heteroatoms. The molecule has 0 spiro atoms. The number of urea groups is 1. The average molecular weight is 482 g/mol. The second-order valence-corrected chi connectivity index (χ2v) is 9.23. The van der Waals surface area contributed by atoms with E-state index in [9.17, 15) is 26.4 Å². The van der Waals surface area contributed by atoms with E-state index in [4.69, 9.17) is 23.2 Å². The Morgan fingerprint density at radius 1 is 0.967 bits per heavy atom. The van der Waals surface area contributed by atoms with Gasteiger partial charge in [0.25, 0.3) is 0 Å². The molecule has 0 bridgehead atoms. The Hall–Kier alpha value is -2.01. The van der Waals surface area contributed by atoms with Gasteiger partial charge in [-0.1, -0.05) is 29.3 Å². The van der Waals surface area contributed by atoms with Crippen molar-refractivity contribution in [3.63, 3.8) is 0 Å². The smallest absolute Gasteiger partial charge is 0.322 e. The first-order valence-corrected chi connectivity index (χ1v) is 10.9. The van der Waals surface area contributed by atoms with Crippen LogP contribution in [0.1, 0.15) is 5.56 Å². The first-order valence-electron chi connectivity index (χ1n) is 8.67. The normalized spacial score (nSPS) is 15.8. The van der Waals surface area contributed by atoms with Gasteiger partial charge in [0.1, 0.15) is 0 Å². The predicted octanol–water partition coefficient (Wildman–Crippen LogP) is 4.55. The van der Waals surface area contributed by atoms with E-state index in [1.807, 2.05) is 0 Å². The number of halogens is 5. The van der Waals surface area contributed by atoms with Gasteiger partial charge in [-0.05, 0) is 36.4 Å². The van der Waals surface area contributed by atoms with E-state index < -0.39 is 27.8 Å². The number of piperazine rings is 1. The molecule has 2 aromatic rings. The summed E-state index contributed by atoms with van der Waals surface area (Å²) in [7, 11) is -3.82. The maximum Gasteiger partial charge on any atom is 0.416 e. The lowest BCUT2D eigenvalue weighted by molar-refractivity contribution is -0.137. The zero-order valence-electron chi connectivity index (χ0n) is 15.3. The number of sulfonamides is 1. The summed E-state index contributed by atoms with van der Waals surface area (Å²) in [6.45, 7) is 0.202. The van der Waals surface area contributed by atoms with Crippen LogP contribution in [0.25, 0.3) is 0 Å². The Bertz CT molecular complexity index is 1060. The van der Waals surface area contributed by atoms with Crippen LogP contribution >= 0.6 is 23.2 Å². The molecule has 0 aromatic heterocycles. The minimum atomic E-state index is -4.52. The van der Waals surface area contributed by atoms with Gasteiger partial charge < -0.3 is 10.2 Å². The summed E-state index contributed by atoms with van der Waals surface area (Å²) in [6, 6.07) is 7.65. The molecular weight excluding hydrogens is 466 g/mol. The molecule has 162 valence electrons. The van der Waals surface area contributed by atoms with E-state index in [1.165, 1.54) is 39.5 Å². The number of nitrogens with zero attached hydrogens (tertiary/aromatic N) is 2. The van der Waals surface area contributed by atoms with Crippen LogP contribution in [0.15, 0.2) is 47.4 Å². The highest BCUT2D eigenvalue weighted by Crippen LogP contribution is 2.31. The number of carbonyl (C=O) groups is 1. The zero-order valence-corrected chi connectivity index (χ0v) is 17.6. The van der Waals surface area contributed by atoms with Gasteiger partial charge in [-0.15, -0.1) is 0 Å². The third-order valence-electron chi connectivity index (χ3n) is 4.50. The Morgan fingerprint density at radius 3 is 2.23 bits per heavy atom. The van der Waals surface area contributed by atoms with E-state index in [-0.39, 0.29) is 46.8 Å². The van der Waals surface area contributed by atoms with Gasteiger partial charge in [0, 0.05) is 31.9 Å². The molecule has 1 N–H and O–H groups in total. The van der Waals surface area contributed by atoms with E-state index in [0.29, 0.717) is 0 Å². The topological polar surface area (TPSA) is 69.7 Å². The lowest BCUT2D eigenvalue weighted by Gasteiger charge is -2.34. The number of rotatable bonds is 3. The molecule has 30 heavy (non-hydrogen) atoms. The van der Waals surface area contributed by atoms with Crippen LogP contribution < -0.4 is 5.32 Å². The molecular formula is C18H16Cl2F3N3O3S. The second-order valence-electron chi connectivity index (χ2n) is 6.48. The van der Waals surface area contributed by atoms with Gasteiger partial charge in [-0.25, -0.2) is 13.2 Å². The van der Waals surface area contributed by atoms with Gasteiger partial charge in [0.05, 0.1) is 20.5 Å². The van der Waals surface area contributed by atoms with Crippen molar-refractivity contribution in [1.82, 2.24) is 9.21 Å². The molecule has 0 atom stereocenters. The molecule has 1 fully saturated rings. The molecule has 3 rings (SSSR count). The van der Waals surface area contributed by atoms with E-state index in [1.54, 1.807) is 0 Å². The number of benzene rings is 2. The maximum absolute atomic E-state index is 12.8. The number of hydrogen-bond donors (Lipinski definition) is 1. The number of amides is 2. The zero-order chi connectivity index (χ0) is 22.1. The highest BCUT2D eigenvalue weighted by molar-refractivity contribution is 7.89. The molecule has 0 aliphatic carbocycles. The van der Waals surface area contributed by atoms with Gasteiger partial charge >= 0.3 is 12.2 Å². The van der Waals surface area contributed by atoms with Crippen molar-refractivity contribution < 1.29 is 26.4 Å². The SMILES string of the molecule is O=C(Nc1cccc(C(F)(F)F)c1)N1CCN(S(=O)(=O)c2ccc(Cl)c(Cl)c2)CC1. The van der Waals surface area contributed by atoms with Gasteiger partial charge in [0.15, 0.2) is 0 Å². The largest absolute Gasteiger partial charge is 0.416 e. The van der Waals surface area contributed by atoms with Crippen molar-refractivity contribution >= 4 is 44.9 Å². The van der Waals surface area contributed by atoms with Crippen LogP contribution in [-0.2, 0) is 16.2 Å². The fraction of sp³-hybridized carbons (Fsp3) is 0.278. The van der Waals surface area contributed by atoms with Gasteiger partial charge in [-0.2, -0.15) is 17.5 Å². The molecule has 1 aliphatic rings. The summed E-state index contributed by atoms with van der Waals surface area (Å²) in [6.07, 6.45) is -4.52. The van der Waals surface area contributed by atoms with E-state index in [0.717, 1.165) is 12.1 Å². The Labute approximate surface area is 181 Å². The second kappa shape index (κ2) is 8.62. The van der Waals surface area contributed by atoms with Crippen LogP contribution in [0.3, 0.4) is 0 Å². The Morgan fingerprint density at radius 2 is 1.63 bits per heavy atom. The molecule has 1 saturated heterocycles.